The van der Waals surface area contributed by atoms with Crippen LogP contribution in [-0.2, 0) is 4.74 Å². The number of nitrogens with two attached hydrogens (primary N) is 1. The first kappa shape index (κ1) is 15.8. The fourth-order valence-electron chi connectivity index (χ4n) is 2.06. The zero-order valence-corrected chi connectivity index (χ0v) is 11.6. The molecule has 1 saturated heterocycles. The van der Waals surface area contributed by atoms with Gasteiger partial charge in [-0.1, -0.05) is 11.8 Å². The van der Waals surface area contributed by atoms with Gasteiger partial charge in [-0.2, -0.15) is 0 Å². The first-order valence-electron chi connectivity index (χ1n) is 5.85. The molecule has 10 heteroatoms. The topological polar surface area (TPSA) is 91.3 Å². The van der Waals surface area contributed by atoms with E-state index in [9.17, 15) is 23.4 Å². The van der Waals surface area contributed by atoms with E-state index in [-0.39, 0.29) is 0 Å². The summed E-state index contributed by atoms with van der Waals surface area (Å²) in [5.41, 5.74) is 4.03. The normalized spacial score (nSPS) is 40.2. The molecule has 0 aromatic rings. The standard InChI is InChI=1S/C10H16F3N3O3S/c1-16(2)9-15-3-4(17)5(18)6(19-7(3)20-9)10(13,14)8(11)12/h3-8,17-18H,14H2,1-2H3/t3-,4-,5+,6-,7-,10+/m1/s1. The molecule has 1 fully saturated rings. The number of rotatable bonds is 2. The SMILES string of the molecule is CN(C)C1=N[C@@H]2[C@@H](O)[C@H](O)[C@H]([C@@](N)(F)C(F)F)O[C@@H]2S1. The van der Waals surface area contributed by atoms with Gasteiger partial charge in [0.05, 0.1) is 0 Å². The molecule has 0 bridgehead atoms. The molecule has 0 spiro atoms. The van der Waals surface area contributed by atoms with E-state index in [4.69, 9.17) is 10.5 Å². The van der Waals surface area contributed by atoms with Gasteiger partial charge < -0.3 is 19.8 Å². The Balaban J connectivity index is 2.21. The van der Waals surface area contributed by atoms with Crippen LogP contribution in [-0.4, -0.2) is 76.4 Å². The summed E-state index contributed by atoms with van der Waals surface area (Å²) in [5.74, 6) is -3.55. The van der Waals surface area contributed by atoms with Crippen molar-refractivity contribution in [3.63, 3.8) is 0 Å². The molecule has 2 aliphatic rings. The fourth-order valence-corrected chi connectivity index (χ4v) is 3.19. The Labute approximate surface area is 117 Å². The zero-order valence-electron chi connectivity index (χ0n) is 10.8. The predicted molar refractivity (Wildman–Crippen MR) is 67.2 cm³/mol. The summed E-state index contributed by atoms with van der Waals surface area (Å²) in [6, 6.07) is -0.850. The van der Waals surface area contributed by atoms with Crippen molar-refractivity contribution >= 4 is 16.9 Å². The number of aliphatic hydroxyl groups excluding tert-OH is 2. The molecule has 20 heavy (non-hydrogen) atoms. The van der Waals surface area contributed by atoms with Crippen LogP contribution in [0.15, 0.2) is 4.99 Å². The Kier molecular flexibility index (Phi) is 4.22. The quantitative estimate of drug-likeness (QED) is 0.587. The van der Waals surface area contributed by atoms with Crippen LogP contribution in [0.5, 0.6) is 0 Å². The predicted octanol–water partition coefficient (Wildman–Crippen LogP) is -0.644. The van der Waals surface area contributed by atoms with Crippen molar-refractivity contribution in [3.05, 3.63) is 0 Å². The van der Waals surface area contributed by atoms with Gasteiger partial charge >= 0.3 is 0 Å². The molecule has 4 N–H and O–H groups in total. The summed E-state index contributed by atoms with van der Waals surface area (Å²) in [6.07, 6.45) is -8.98. The number of halogens is 3. The molecule has 6 nitrogen and oxygen atoms in total. The molecule has 0 unspecified atom stereocenters. The number of alkyl halides is 3. The third-order valence-electron chi connectivity index (χ3n) is 3.20. The van der Waals surface area contributed by atoms with Gasteiger partial charge in [-0.15, -0.1) is 0 Å². The van der Waals surface area contributed by atoms with Crippen molar-refractivity contribution in [3.8, 4) is 0 Å². The average Bonchev–Trinajstić information content (AvgIpc) is 2.77. The highest BCUT2D eigenvalue weighted by atomic mass is 32.2. The summed E-state index contributed by atoms with van der Waals surface area (Å²) in [5, 5.41) is 20.2. The molecule has 0 aromatic carbocycles. The Hall–Kier alpha value is -0.550. The smallest absolute Gasteiger partial charge is 0.287 e. The molecular weight excluding hydrogens is 299 g/mol. The summed E-state index contributed by atoms with van der Waals surface area (Å²) >= 11 is 1.06. The Bertz CT molecular complexity index is 410. The van der Waals surface area contributed by atoms with Crippen LogP contribution in [0.4, 0.5) is 13.2 Å². The van der Waals surface area contributed by atoms with E-state index in [2.05, 4.69) is 4.99 Å². The maximum atomic E-state index is 13.8. The minimum atomic E-state index is -3.55. The first-order chi connectivity index (χ1) is 9.16. The van der Waals surface area contributed by atoms with E-state index in [1.165, 1.54) is 0 Å². The first-order valence-corrected chi connectivity index (χ1v) is 6.73. The lowest BCUT2D eigenvalue weighted by atomic mass is 9.92. The van der Waals surface area contributed by atoms with Gasteiger partial charge in [0.25, 0.3) is 6.43 Å². The van der Waals surface area contributed by atoms with Crippen LogP contribution in [0.25, 0.3) is 0 Å². The van der Waals surface area contributed by atoms with Crippen LogP contribution in [0.2, 0.25) is 0 Å². The van der Waals surface area contributed by atoms with E-state index in [0.29, 0.717) is 5.17 Å². The maximum Gasteiger partial charge on any atom is 0.287 e. The van der Waals surface area contributed by atoms with Crippen molar-refractivity contribution < 1.29 is 28.1 Å². The third-order valence-corrected chi connectivity index (χ3v) is 4.51. The van der Waals surface area contributed by atoms with E-state index in [0.717, 1.165) is 11.8 Å². The molecular formula is C10H16F3N3O3S. The van der Waals surface area contributed by atoms with E-state index >= 15 is 0 Å². The van der Waals surface area contributed by atoms with Crippen LogP contribution in [0, 0.1) is 0 Å². The lowest BCUT2D eigenvalue weighted by Gasteiger charge is -2.42. The number of nitrogens with zero attached hydrogens (tertiary/aromatic N) is 2. The second-order valence-corrected chi connectivity index (χ2v) is 6.01. The summed E-state index contributed by atoms with van der Waals surface area (Å²) in [7, 11) is 3.40. The largest absolute Gasteiger partial charge is 0.388 e. The van der Waals surface area contributed by atoms with Gasteiger partial charge in [0.2, 0.25) is 5.79 Å². The van der Waals surface area contributed by atoms with Crippen molar-refractivity contribution in [1.82, 2.24) is 4.90 Å². The van der Waals surface area contributed by atoms with Gasteiger partial charge in [0.1, 0.15) is 29.8 Å². The highest BCUT2D eigenvalue weighted by Gasteiger charge is 2.58. The summed E-state index contributed by atoms with van der Waals surface area (Å²) in [6.45, 7) is 0. The summed E-state index contributed by atoms with van der Waals surface area (Å²) < 4.78 is 44.2. The molecule has 2 aliphatic heterocycles. The van der Waals surface area contributed by atoms with Crippen LogP contribution >= 0.6 is 11.8 Å². The van der Waals surface area contributed by atoms with Crippen molar-refractivity contribution in [2.45, 2.75) is 42.0 Å². The molecule has 0 amide bonds. The maximum absolute atomic E-state index is 13.8. The zero-order chi connectivity index (χ0) is 15.2. The molecule has 116 valence electrons. The van der Waals surface area contributed by atoms with Crippen LogP contribution in [0.1, 0.15) is 0 Å². The Morgan fingerprint density at radius 2 is 2.00 bits per heavy atom. The molecule has 2 rings (SSSR count). The molecule has 0 aliphatic carbocycles. The minimum Gasteiger partial charge on any atom is -0.388 e. The number of aliphatic imine (C=N–C) groups is 1. The molecule has 0 radical (unpaired) electrons. The molecule has 0 saturated carbocycles. The van der Waals surface area contributed by atoms with Crippen molar-refractivity contribution in [2.24, 2.45) is 10.7 Å². The highest BCUT2D eigenvalue weighted by Crippen LogP contribution is 2.40. The second-order valence-electron chi connectivity index (χ2n) is 4.95. The number of amidine groups is 1. The molecule has 2 heterocycles. The number of hydrogen-bond donors (Lipinski definition) is 3. The van der Waals surface area contributed by atoms with Gasteiger partial charge in [0.15, 0.2) is 5.17 Å². The van der Waals surface area contributed by atoms with E-state index in [1.807, 2.05) is 0 Å². The Morgan fingerprint density at radius 1 is 1.40 bits per heavy atom. The van der Waals surface area contributed by atoms with Crippen molar-refractivity contribution in [2.75, 3.05) is 14.1 Å². The fraction of sp³-hybridized carbons (Fsp3) is 0.900. The number of aliphatic hydroxyl groups is 2. The van der Waals surface area contributed by atoms with Crippen LogP contribution < -0.4 is 5.73 Å². The van der Waals surface area contributed by atoms with Gasteiger partial charge in [-0.3, -0.25) is 10.7 Å². The number of fused-ring (bicyclic) bond motifs is 1. The van der Waals surface area contributed by atoms with Gasteiger partial charge in [-0.05, 0) is 0 Å². The molecule has 0 aromatic heterocycles. The number of hydrogen-bond acceptors (Lipinski definition) is 7. The van der Waals surface area contributed by atoms with E-state index in [1.54, 1.807) is 19.0 Å². The summed E-state index contributed by atoms with van der Waals surface area (Å²) in [4.78, 5) is 5.76. The third kappa shape index (κ3) is 2.50. The lowest BCUT2D eigenvalue weighted by molar-refractivity contribution is -0.223. The lowest BCUT2D eigenvalue weighted by Crippen LogP contribution is -2.66. The Morgan fingerprint density at radius 3 is 2.50 bits per heavy atom. The van der Waals surface area contributed by atoms with E-state index < -0.39 is 42.0 Å². The van der Waals surface area contributed by atoms with Gasteiger partial charge in [-0.25, -0.2) is 13.2 Å². The molecule has 6 atom stereocenters. The highest BCUT2D eigenvalue weighted by molar-refractivity contribution is 8.14. The monoisotopic (exact) mass is 315 g/mol. The van der Waals surface area contributed by atoms with Crippen molar-refractivity contribution in [1.29, 1.82) is 0 Å². The second kappa shape index (κ2) is 5.34. The average molecular weight is 315 g/mol. The minimum absolute atomic E-state index is 0.491. The number of thioether (sulfide) groups is 1. The number of ether oxygens (including phenoxy) is 1. The van der Waals surface area contributed by atoms with Gasteiger partial charge in [0, 0.05) is 14.1 Å². The van der Waals surface area contributed by atoms with Crippen LogP contribution in [0.3, 0.4) is 0 Å².